The Morgan fingerprint density at radius 2 is 1.80 bits per heavy atom. The van der Waals surface area contributed by atoms with Gasteiger partial charge in [-0.1, -0.05) is 29.7 Å². The maximum Gasteiger partial charge on any atom is 0.311 e. The Bertz CT molecular complexity index is 297. The van der Waals surface area contributed by atoms with E-state index >= 15 is 0 Å². The Kier molecular flexibility index (Phi) is 13.4. The van der Waals surface area contributed by atoms with Crippen LogP contribution in [0, 0.1) is 10.8 Å². The fraction of sp³-hybridized carbons (Fsp3) is 0.875. The first-order valence-electron chi connectivity index (χ1n) is 5.57. The average molecular weight is 292 g/mol. The highest BCUT2D eigenvalue weighted by atomic mass is 16.5. The lowest BCUT2D eigenvalue weighted by Crippen LogP contribution is -2.30. The summed E-state index contributed by atoms with van der Waals surface area (Å²) < 4.78 is 9.70. The van der Waals surface area contributed by atoms with E-state index < -0.39 is 10.8 Å². The second-order valence-corrected chi connectivity index (χ2v) is 5.32. The summed E-state index contributed by atoms with van der Waals surface area (Å²) in [6.07, 6.45) is 2.03. The van der Waals surface area contributed by atoms with Gasteiger partial charge in [0.25, 0.3) is 0 Å². The van der Waals surface area contributed by atoms with Gasteiger partial charge in [-0.25, -0.2) is 0 Å². The van der Waals surface area contributed by atoms with Gasteiger partial charge in [0.05, 0.1) is 24.5 Å². The molecule has 4 heteroatoms. The van der Waals surface area contributed by atoms with Crippen LogP contribution in [-0.2, 0) is 19.1 Å². The van der Waals surface area contributed by atoms with Crippen LogP contribution in [0.2, 0.25) is 0 Å². The van der Waals surface area contributed by atoms with Gasteiger partial charge in [-0.3, -0.25) is 9.59 Å². The molecule has 1 atom stereocenters. The van der Waals surface area contributed by atoms with Crippen LogP contribution < -0.4 is 0 Å². The van der Waals surface area contributed by atoms with Crippen LogP contribution in [-0.4, -0.2) is 25.7 Å². The maximum absolute atomic E-state index is 11.5. The SMILES string of the molecule is C.C.C.C.COC(=O)C(C)(C)CCC1(C)CCOC1=O. The molecule has 0 aromatic heterocycles. The number of carbonyl (C=O) groups is 2. The highest BCUT2D eigenvalue weighted by molar-refractivity contribution is 5.78. The summed E-state index contributed by atoms with van der Waals surface area (Å²) in [4.78, 5) is 23.0. The van der Waals surface area contributed by atoms with Crippen LogP contribution in [0.4, 0.5) is 0 Å². The van der Waals surface area contributed by atoms with Crippen LogP contribution in [0.5, 0.6) is 0 Å². The minimum absolute atomic E-state index is 0. The lowest BCUT2D eigenvalue weighted by atomic mass is 9.77. The fourth-order valence-corrected chi connectivity index (χ4v) is 1.84. The molecule has 0 spiro atoms. The number of esters is 2. The van der Waals surface area contributed by atoms with Gasteiger partial charge in [0.15, 0.2) is 0 Å². The lowest BCUT2D eigenvalue weighted by Gasteiger charge is -2.26. The number of hydrogen-bond donors (Lipinski definition) is 0. The summed E-state index contributed by atoms with van der Waals surface area (Å²) in [6, 6.07) is 0. The Morgan fingerprint density at radius 3 is 2.15 bits per heavy atom. The van der Waals surface area contributed by atoms with E-state index in [9.17, 15) is 9.59 Å². The van der Waals surface area contributed by atoms with E-state index in [2.05, 4.69) is 0 Å². The van der Waals surface area contributed by atoms with Crippen LogP contribution in [0.1, 0.15) is 69.7 Å². The molecule has 1 unspecified atom stereocenters. The number of ether oxygens (including phenoxy) is 2. The number of carbonyl (C=O) groups excluding carboxylic acids is 2. The summed E-state index contributed by atoms with van der Waals surface area (Å²) in [5.74, 6) is -0.379. The molecule has 1 heterocycles. The number of methoxy groups -OCH3 is 1. The molecule has 0 amide bonds. The molecule has 124 valence electrons. The largest absolute Gasteiger partial charge is 0.469 e. The molecule has 0 aliphatic carbocycles. The summed E-state index contributed by atoms with van der Waals surface area (Å²) in [7, 11) is 1.38. The fourth-order valence-electron chi connectivity index (χ4n) is 1.84. The van der Waals surface area contributed by atoms with E-state index in [-0.39, 0.29) is 41.6 Å². The molecular weight excluding hydrogens is 256 g/mol. The molecule has 0 aromatic rings. The maximum atomic E-state index is 11.5. The molecule has 0 radical (unpaired) electrons. The highest BCUT2D eigenvalue weighted by Gasteiger charge is 2.42. The van der Waals surface area contributed by atoms with Gasteiger partial charge >= 0.3 is 11.9 Å². The summed E-state index contributed by atoms with van der Waals surface area (Å²) >= 11 is 0. The minimum Gasteiger partial charge on any atom is -0.469 e. The zero-order chi connectivity index (χ0) is 12.4. The molecule has 0 aromatic carbocycles. The topological polar surface area (TPSA) is 52.6 Å². The van der Waals surface area contributed by atoms with Crippen molar-refractivity contribution in [2.45, 2.75) is 69.7 Å². The van der Waals surface area contributed by atoms with Gasteiger partial charge in [0.2, 0.25) is 0 Å². The van der Waals surface area contributed by atoms with E-state index in [1.54, 1.807) is 0 Å². The van der Waals surface area contributed by atoms with Crippen molar-refractivity contribution in [1.29, 1.82) is 0 Å². The smallest absolute Gasteiger partial charge is 0.311 e. The van der Waals surface area contributed by atoms with Crippen molar-refractivity contribution in [3.8, 4) is 0 Å². The summed E-state index contributed by atoms with van der Waals surface area (Å²) in [6.45, 7) is 6.06. The Labute approximate surface area is 126 Å². The van der Waals surface area contributed by atoms with Crippen LogP contribution >= 0.6 is 0 Å². The van der Waals surface area contributed by atoms with Crippen molar-refractivity contribution in [3.05, 3.63) is 0 Å². The van der Waals surface area contributed by atoms with E-state index in [4.69, 9.17) is 9.47 Å². The molecule has 1 saturated heterocycles. The standard InChI is InChI=1S/C12H20O4.4CH4/c1-11(2,9(13)15-4)5-6-12(3)7-8-16-10(12)14;;;;/h5-8H2,1-4H3;4*1H4. The van der Waals surface area contributed by atoms with Crippen molar-refractivity contribution in [1.82, 2.24) is 0 Å². The highest BCUT2D eigenvalue weighted by Crippen LogP contribution is 2.38. The third kappa shape index (κ3) is 5.93. The van der Waals surface area contributed by atoms with Gasteiger partial charge in [0.1, 0.15) is 0 Å². The van der Waals surface area contributed by atoms with Crippen molar-refractivity contribution in [3.63, 3.8) is 0 Å². The first kappa shape index (κ1) is 27.3. The summed E-state index contributed by atoms with van der Waals surface area (Å²) in [5.41, 5.74) is -0.966. The zero-order valence-corrected chi connectivity index (χ0v) is 10.5. The lowest BCUT2D eigenvalue weighted by molar-refractivity contribution is -0.153. The number of hydrogen-bond acceptors (Lipinski definition) is 4. The van der Waals surface area contributed by atoms with Crippen molar-refractivity contribution >= 4 is 11.9 Å². The molecule has 1 rings (SSSR count). The van der Waals surface area contributed by atoms with Gasteiger partial charge < -0.3 is 9.47 Å². The summed E-state index contributed by atoms with van der Waals surface area (Å²) in [5, 5.41) is 0. The normalized spacial score (nSPS) is 20.3. The second-order valence-electron chi connectivity index (χ2n) is 5.32. The Balaban J connectivity index is -0.000000320. The molecule has 4 nitrogen and oxygen atoms in total. The second kappa shape index (κ2) is 9.78. The van der Waals surface area contributed by atoms with E-state index in [0.717, 1.165) is 6.42 Å². The van der Waals surface area contributed by atoms with Crippen molar-refractivity contribution in [2.75, 3.05) is 13.7 Å². The molecule has 0 N–H and O–H groups in total. The third-order valence-corrected chi connectivity index (χ3v) is 3.42. The quantitative estimate of drug-likeness (QED) is 0.718. The molecule has 0 bridgehead atoms. The van der Waals surface area contributed by atoms with Gasteiger partial charge in [-0.05, 0) is 40.0 Å². The van der Waals surface area contributed by atoms with Crippen molar-refractivity contribution in [2.24, 2.45) is 10.8 Å². The first-order valence-corrected chi connectivity index (χ1v) is 5.57. The molecular formula is C16H36O4. The molecule has 0 saturated carbocycles. The third-order valence-electron chi connectivity index (χ3n) is 3.42. The molecule has 1 aliphatic rings. The predicted molar refractivity (Wildman–Crippen MR) is 85.6 cm³/mol. The van der Waals surface area contributed by atoms with Gasteiger partial charge in [-0.2, -0.15) is 0 Å². The number of rotatable bonds is 4. The Morgan fingerprint density at radius 1 is 1.30 bits per heavy atom. The van der Waals surface area contributed by atoms with E-state index in [1.807, 2.05) is 20.8 Å². The molecule has 1 aliphatic heterocycles. The average Bonchev–Trinajstić information content (AvgIpc) is 2.56. The number of cyclic esters (lactones) is 1. The van der Waals surface area contributed by atoms with Gasteiger partial charge in [-0.15, -0.1) is 0 Å². The minimum atomic E-state index is -0.541. The van der Waals surface area contributed by atoms with E-state index in [1.165, 1.54) is 7.11 Å². The monoisotopic (exact) mass is 292 g/mol. The predicted octanol–water partition coefficient (Wildman–Crippen LogP) is 4.46. The Hall–Kier alpha value is -1.06. The zero-order valence-electron chi connectivity index (χ0n) is 10.5. The molecule has 20 heavy (non-hydrogen) atoms. The van der Waals surface area contributed by atoms with Crippen molar-refractivity contribution < 1.29 is 19.1 Å². The first-order chi connectivity index (χ1) is 7.32. The van der Waals surface area contributed by atoms with E-state index in [0.29, 0.717) is 19.4 Å². The molecule has 1 fully saturated rings. The van der Waals surface area contributed by atoms with Crippen LogP contribution in [0.3, 0.4) is 0 Å². The van der Waals surface area contributed by atoms with Gasteiger partial charge in [0, 0.05) is 0 Å². The van der Waals surface area contributed by atoms with Crippen LogP contribution in [0.15, 0.2) is 0 Å². The van der Waals surface area contributed by atoms with Crippen LogP contribution in [0.25, 0.3) is 0 Å².